The topological polar surface area (TPSA) is 75.8 Å². The molecule has 0 amide bonds. The van der Waals surface area contributed by atoms with Crippen LogP contribution in [-0.2, 0) is 22.0 Å². The minimum Gasteiger partial charge on any atom is -0.379 e. The number of aliphatic imine (C=N–C) groups is 1. The monoisotopic (exact) mass is 401 g/mol. The zero-order valence-electron chi connectivity index (χ0n) is 15.5. The quantitative estimate of drug-likeness (QED) is 0.855. The van der Waals surface area contributed by atoms with Gasteiger partial charge in [-0.3, -0.25) is 9.30 Å². The summed E-state index contributed by atoms with van der Waals surface area (Å²) in [7, 11) is -3.58. The number of anilines is 1. The van der Waals surface area contributed by atoms with E-state index in [0.29, 0.717) is 16.6 Å². The van der Waals surface area contributed by atoms with Crippen molar-refractivity contribution in [2.75, 3.05) is 16.6 Å². The van der Waals surface area contributed by atoms with E-state index >= 15 is 0 Å². The minimum absolute atomic E-state index is 0.328. The van der Waals surface area contributed by atoms with Gasteiger partial charge in [-0.15, -0.1) is 0 Å². The molecule has 7 heteroatoms. The van der Waals surface area contributed by atoms with Crippen LogP contribution in [-0.4, -0.2) is 25.9 Å². The predicted octanol–water partition coefficient (Wildman–Crippen LogP) is 3.41. The Bertz CT molecular complexity index is 1020. The zero-order valence-corrected chi connectivity index (χ0v) is 17.1. The Labute approximate surface area is 164 Å². The van der Waals surface area contributed by atoms with Gasteiger partial charge in [0, 0.05) is 12.3 Å². The van der Waals surface area contributed by atoms with E-state index in [1.54, 1.807) is 23.9 Å². The van der Waals surface area contributed by atoms with E-state index in [2.05, 4.69) is 18.0 Å². The molecule has 5 nitrogen and oxygen atoms in total. The van der Waals surface area contributed by atoms with Gasteiger partial charge in [0.15, 0.2) is 5.17 Å². The standard InChI is InChI=1S/C20H23N3O2S2/c1-14-3-7-17(8-4-14)27(24,25)23-11-9-15-5-6-16(13-18(15)23)20(2)10-12-26-19(21)22-20/h3-8,13H,9-12H2,1-2H3,(H2,21,22). The van der Waals surface area contributed by atoms with Crippen molar-refractivity contribution in [2.45, 2.75) is 37.1 Å². The third kappa shape index (κ3) is 3.23. The largest absolute Gasteiger partial charge is 0.379 e. The van der Waals surface area contributed by atoms with Crippen molar-refractivity contribution in [3.05, 3.63) is 59.2 Å². The zero-order chi connectivity index (χ0) is 19.2. The Kier molecular flexibility index (Phi) is 4.47. The van der Waals surface area contributed by atoms with Gasteiger partial charge < -0.3 is 5.73 Å². The van der Waals surface area contributed by atoms with Crippen LogP contribution in [0.3, 0.4) is 0 Å². The summed E-state index contributed by atoms with van der Waals surface area (Å²) in [5.41, 5.74) is 9.41. The average Bonchev–Trinajstić information content (AvgIpc) is 3.06. The Balaban J connectivity index is 1.75. The molecule has 2 N–H and O–H groups in total. The first-order chi connectivity index (χ1) is 12.8. The number of nitrogens with two attached hydrogens (primary N) is 1. The number of thioether (sulfide) groups is 1. The second-order valence-electron chi connectivity index (χ2n) is 7.31. The lowest BCUT2D eigenvalue weighted by molar-refractivity contribution is 0.482. The molecular weight excluding hydrogens is 378 g/mol. The average molecular weight is 402 g/mol. The van der Waals surface area contributed by atoms with E-state index in [0.717, 1.165) is 41.0 Å². The van der Waals surface area contributed by atoms with Crippen LogP contribution in [0.5, 0.6) is 0 Å². The van der Waals surface area contributed by atoms with Crippen LogP contribution in [0.15, 0.2) is 52.4 Å². The number of fused-ring (bicyclic) bond motifs is 1. The van der Waals surface area contributed by atoms with Gasteiger partial charge in [0.2, 0.25) is 0 Å². The molecule has 2 aromatic carbocycles. The molecule has 2 aromatic rings. The lowest BCUT2D eigenvalue weighted by Crippen LogP contribution is -2.30. The molecule has 0 saturated carbocycles. The summed E-state index contributed by atoms with van der Waals surface area (Å²) < 4.78 is 27.9. The molecule has 2 aliphatic rings. The Hall–Kier alpha value is -1.99. The number of aryl methyl sites for hydroxylation is 1. The molecule has 4 rings (SSSR count). The van der Waals surface area contributed by atoms with Crippen molar-refractivity contribution in [1.29, 1.82) is 0 Å². The number of hydrogen-bond donors (Lipinski definition) is 1. The van der Waals surface area contributed by atoms with Gasteiger partial charge >= 0.3 is 0 Å². The third-order valence-electron chi connectivity index (χ3n) is 5.36. The first kappa shape index (κ1) is 18.4. The van der Waals surface area contributed by atoms with Gasteiger partial charge in [-0.1, -0.05) is 41.6 Å². The van der Waals surface area contributed by atoms with Crippen molar-refractivity contribution in [2.24, 2.45) is 10.7 Å². The van der Waals surface area contributed by atoms with E-state index < -0.39 is 15.6 Å². The minimum atomic E-state index is -3.58. The Morgan fingerprint density at radius 3 is 2.63 bits per heavy atom. The molecule has 0 aromatic heterocycles. The van der Waals surface area contributed by atoms with Gasteiger partial charge in [0.05, 0.1) is 16.1 Å². The molecule has 0 saturated heterocycles. The second kappa shape index (κ2) is 6.56. The maximum absolute atomic E-state index is 13.2. The van der Waals surface area contributed by atoms with Gasteiger partial charge in [0.25, 0.3) is 10.0 Å². The van der Waals surface area contributed by atoms with E-state index in [1.807, 2.05) is 31.2 Å². The predicted molar refractivity (Wildman–Crippen MR) is 112 cm³/mol. The third-order valence-corrected chi connectivity index (χ3v) is 7.99. The van der Waals surface area contributed by atoms with Crippen LogP contribution in [0.2, 0.25) is 0 Å². The van der Waals surface area contributed by atoms with E-state index in [4.69, 9.17) is 5.73 Å². The summed E-state index contributed by atoms with van der Waals surface area (Å²) >= 11 is 1.57. The van der Waals surface area contributed by atoms with Gasteiger partial charge in [-0.25, -0.2) is 8.42 Å². The first-order valence-electron chi connectivity index (χ1n) is 9.01. The number of amidine groups is 1. The van der Waals surface area contributed by atoms with Crippen molar-refractivity contribution in [3.8, 4) is 0 Å². The lowest BCUT2D eigenvalue weighted by atomic mass is 9.89. The van der Waals surface area contributed by atoms with Crippen molar-refractivity contribution in [3.63, 3.8) is 0 Å². The van der Waals surface area contributed by atoms with Crippen molar-refractivity contribution >= 4 is 32.6 Å². The van der Waals surface area contributed by atoms with Crippen LogP contribution in [0.4, 0.5) is 5.69 Å². The fourth-order valence-electron chi connectivity index (χ4n) is 3.67. The molecule has 2 heterocycles. The summed E-state index contributed by atoms with van der Waals surface area (Å²) in [6.07, 6.45) is 1.60. The maximum atomic E-state index is 13.2. The number of benzene rings is 2. The molecule has 1 atom stereocenters. The fraction of sp³-hybridized carbons (Fsp3) is 0.350. The normalized spacial score (nSPS) is 22.4. The second-order valence-corrected chi connectivity index (χ2v) is 10.3. The Morgan fingerprint density at radius 1 is 1.19 bits per heavy atom. The SMILES string of the molecule is Cc1ccc(S(=O)(=O)N2CCc3ccc(C4(C)CCSC(N)=N4)cc32)cc1. The molecule has 0 radical (unpaired) electrons. The van der Waals surface area contributed by atoms with Crippen LogP contribution in [0, 0.1) is 6.92 Å². The maximum Gasteiger partial charge on any atom is 0.264 e. The van der Waals surface area contributed by atoms with Crippen LogP contribution < -0.4 is 10.0 Å². The molecule has 0 fully saturated rings. The molecule has 27 heavy (non-hydrogen) atoms. The van der Waals surface area contributed by atoms with E-state index in [9.17, 15) is 8.42 Å². The highest BCUT2D eigenvalue weighted by Crippen LogP contribution is 2.40. The smallest absolute Gasteiger partial charge is 0.264 e. The van der Waals surface area contributed by atoms with Crippen molar-refractivity contribution < 1.29 is 8.42 Å². The number of sulfonamides is 1. The van der Waals surface area contributed by atoms with Gasteiger partial charge in [-0.05, 0) is 56.0 Å². The molecule has 0 bridgehead atoms. The van der Waals surface area contributed by atoms with Crippen LogP contribution in [0.25, 0.3) is 0 Å². The molecular formula is C20H23N3O2S2. The summed E-state index contributed by atoms with van der Waals surface area (Å²) in [6.45, 7) is 4.48. The van der Waals surface area contributed by atoms with Crippen LogP contribution in [0.1, 0.15) is 30.0 Å². The molecule has 142 valence electrons. The highest BCUT2D eigenvalue weighted by atomic mass is 32.2. The summed E-state index contributed by atoms with van der Waals surface area (Å²) in [5.74, 6) is 0.911. The number of rotatable bonds is 3. The van der Waals surface area contributed by atoms with E-state index in [-0.39, 0.29) is 0 Å². The van der Waals surface area contributed by atoms with E-state index in [1.165, 1.54) is 4.31 Å². The van der Waals surface area contributed by atoms with Gasteiger partial charge in [-0.2, -0.15) is 0 Å². The van der Waals surface area contributed by atoms with Crippen molar-refractivity contribution in [1.82, 2.24) is 0 Å². The summed E-state index contributed by atoms with van der Waals surface area (Å²) in [4.78, 5) is 4.98. The number of hydrogen-bond acceptors (Lipinski definition) is 5. The van der Waals surface area contributed by atoms with Gasteiger partial charge in [0.1, 0.15) is 0 Å². The molecule has 0 aliphatic carbocycles. The lowest BCUT2D eigenvalue weighted by Gasteiger charge is -2.30. The fourth-order valence-corrected chi connectivity index (χ4v) is 6.14. The Morgan fingerprint density at radius 2 is 1.93 bits per heavy atom. The highest BCUT2D eigenvalue weighted by molar-refractivity contribution is 8.13. The molecule has 2 aliphatic heterocycles. The summed E-state index contributed by atoms with van der Waals surface area (Å²) in [6, 6.07) is 13.1. The number of nitrogens with zero attached hydrogens (tertiary/aromatic N) is 2. The summed E-state index contributed by atoms with van der Waals surface area (Å²) in [5, 5.41) is 0.591. The first-order valence-corrected chi connectivity index (χ1v) is 11.4. The highest BCUT2D eigenvalue weighted by Gasteiger charge is 2.34. The molecule has 1 unspecified atom stereocenters. The molecule has 0 spiro atoms. The van der Waals surface area contributed by atoms with Crippen LogP contribution >= 0.6 is 11.8 Å².